The van der Waals surface area contributed by atoms with E-state index >= 15 is 0 Å². The lowest BCUT2D eigenvalue weighted by Crippen LogP contribution is -2.04. The lowest BCUT2D eigenvalue weighted by atomic mass is 10.1. The van der Waals surface area contributed by atoms with Gasteiger partial charge in [0, 0.05) is 16.6 Å². The van der Waals surface area contributed by atoms with Crippen LogP contribution in [-0.2, 0) is 0 Å². The fourth-order valence-electron chi connectivity index (χ4n) is 2.39. The highest BCUT2D eigenvalue weighted by Gasteiger charge is 2.19. The first kappa shape index (κ1) is 16.9. The highest BCUT2D eigenvalue weighted by atomic mass is 32.2. The minimum Gasteiger partial charge on any atom is -0.293 e. The Bertz CT molecular complexity index is 793. The van der Waals surface area contributed by atoms with E-state index in [1.165, 1.54) is 29.0 Å². The van der Waals surface area contributed by atoms with Crippen LogP contribution in [0.3, 0.4) is 0 Å². The van der Waals surface area contributed by atoms with Gasteiger partial charge in [0.25, 0.3) is 0 Å². The van der Waals surface area contributed by atoms with E-state index in [4.69, 9.17) is 0 Å². The van der Waals surface area contributed by atoms with Gasteiger partial charge in [-0.25, -0.2) is 4.39 Å². The number of carbonyl (C=O) groups is 1. The number of rotatable bonds is 6. The summed E-state index contributed by atoms with van der Waals surface area (Å²) in [7, 11) is 0. The summed E-state index contributed by atoms with van der Waals surface area (Å²) in [5, 5.41) is 1.87. The summed E-state index contributed by atoms with van der Waals surface area (Å²) in [6, 6.07) is 18.4. The molecule has 0 saturated heterocycles. The predicted octanol–water partition coefficient (Wildman–Crippen LogP) is 6.30. The third kappa shape index (κ3) is 4.34. The third-order valence-electron chi connectivity index (χ3n) is 3.71. The molecule has 1 nitrogen and oxygen atoms in total. The minimum absolute atomic E-state index is 0.0390. The highest BCUT2D eigenvalue weighted by Crippen LogP contribution is 2.39. The van der Waals surface area contributed by atoms with Crippen molar-refractivity contribution in [1.29, 1.82) is 0 Å². The molecule has 24 heavy (non-hydrogen) atoms. The molecule has 0 amide bonds. The lowest BCUT2D eigenvalue weighted by molar-refractivity contribution is 0.0986. The first-order valence-electron chi connectivity index (χ1n) is 7.67. The number of benzene rings is 2. The molecule has 0 unspecified atom stereocenters. The minimum atomic E-state index is -0.262. The van der Waals surface area contributed by atoms with Crippen LogP contribution in [0.15, 0.2) is 70.9 Å². The van der Waals surface area contributed by atoms with E-state index in [2.05, 4.69) is 24.3 Å². The van der Waals surface area contributed by atoms with Gasteiger partial charge in [0.05, 0.1) is 4.88 Å². The smallest absolute Gasteiger partial charge is 0.174 e. The van der Waals surface area contributed by atoms with Crippen LogP contribution in [0.1, 0.15) is 32.5 Å². The molecule has 0 N–H and O–H groups in total. The quantitative estimate of drug-likeness (QED) is 0.381. The molecule has 122 valence electrons. The molecule has 0 radical (unpaired) electrons. The molecule has 3 aromatic rings. The second kappa shape index (κ2) is 7.77. The molecular weight excluding hydrogens is 339 g/mol. The number of carbonyl (C=O) groups excluding carboxylic acids is 1. The molecular formula is C20H17FOS2. The predicted molar refractivity (Wildman–Crippen MR) is 99.4 cm³/mol. The Hall–Kier alpha value is -1.91. The van der Waals surface area contributed by atoms with Gasteiger partial charge < -0.3 is 0 Å². The van der Waals surface area contributed by atoms with Crippen LogP contribution >= 0.6 is 23.1 Å². The van der Waals surface area contributed by atoms with Crippen LogP contribution in [-0.4, -0.2) is 5.78 Å². The second-order valence-electron chi connectivity index (χ2n) is 5.58. The molecule has 1 heterocycles. The van der Waals surface area contributed by atoms with Crippen molar-refractivity contribution in [2.24, 2.45) is 0 Å². The monoisotopic (exact) mass is 356 g/mol. The maximum atomic E-state index is 13.2. The Morgan fingerprint density at radius 1 is 1.08 bits per heavy atom. The highest BCUT2D eigenvalue weighted by molar-refractivity contribution is 7.99. The molecule has 0 fully saturated rings. The zero-order valence-electron chi connectivity index (χ0n) is 13.2. The zero-order valence-corrected chi connectivity index (χ0v) is 14.9. The van der Waals surface area contributed by atoms with Crippen molar-refractivity contribution in [3.05, 3.63) is 87.9 Å². The SMILES string of the molecule is Cc1ccc(S[C@H](CC(=O)c2cccs2)c2ccc(F)cc2)cc1. The molecule has 0 aliphatic heterocycles. The fourth-order valence-corrected chi connectivity index (χ4v) is 4.22. The molecule has 0 saturated carbocycles. The van der Waals surface area contributed by atoms with Gasteiger partial charge in [-0.2, -0.15) is 0 Å². The lowest BCUT2D eigenvalue weighted by Gasteiger charge is -2.16. The van der Waals surface area contributed by atoms with Gasteiger partial charge in [-0.3, -0.25) is 4.79 Å². The summed E-state index contributed by atoms with van der Waals surface area (Å²) < 4.78 is 13.2. The number of aryl methyl sites for hydroxylation is 1. The first-order chi connectivity index (χ1) is 11.6. The Morgan fingerprint density at radius 2 is 1.79 bits per heavy atom. The Labute approximate surface area is 149 Å². The Morgan fingerprint density at radius 3 is 2.42 bits per heavy atom. The maximum absolute atomic E-state index is 13.2. The van der Waals surface area contributed by atoms with Crippen molar-refractivity contribution in [2.45, 2.75) is 23.5 Å². The van der Waals surface area contributed by atoms with Crippen molar-refractivity contribution in [2.75, 3.05) is 0 Å². The summed E-state index contributed by atoms with van der Waals surface area (Å²) in [5.74, 6) is -0.138. The summed E-state index contributed by atoms with van der Waals surface area (Å²) in [4.78, 5) is 14.4. The van der Waals surface area contributed by atoms with Crippen LogP contribution in [0, 0.1) is 12.7 Å². The van der Waals surface area contributed by atoms with Crippen LogP contribution < -0.4 is 0 Å². The van der Waals surface area contributed by atoms with Crippen molar-refractivity contribution < 1.29 is 9.18 Å². The normalized spacial score (nSPS) is 12.1. The number of Topliss-reactive ketones (excluding diaryl/α,β-unsaturated/α-hetero) is 1. The average molecular weight is 356 g/mol. The summed E-state index contributed by atoms with van der Waals surface area (Å²) in [6.45, 7) is 2.05. The molecule has 3 rings (SSSR count). The fraction of sp³-hybridized carbons (Fsp3) is 0.150. The number of hydrogen-bond donors (Lipinski definition) is 0. The number of thiophene rings is 1. The number of ketones is 1. The van der Waals surface area contributed by atoms with Gasteiger partial charge in [0.2, 0.25) is 0 Å². The third-order valence-corrected chi connectivity index (χ3v) is 5.89. The largest absolute Gasteiger partial charge is 0.293 e. The molecule has 0 aliphatic rings. The van der Waals surface area contributed by atoms with Gasteiger partial charge in [-0.1, -0.05) is 35.9 Å². The van der Waals surface area contributed by atoms with Gasteiger partial charge in [-0.15, -0.1) is 23.1 Å². The van der Waals surface area contributed by atoms with Gasteiger partial charge in [0.1, 0.15) is 5.82 Å². The van der Waals surface area contributed by atoms with Crippen LogP contribution in [0.2, 0.25) is 0 Å². The van der Waals surface area contributed by atoms with E-state index in [0.717, 1.165) is 15.3 Å². The average Bonchev–Trinajstić information content (AvgIpc) is 3.11. The van der Waals surface area contributed by atoms with Crippen molar-refractivity contribution in [3.63, 3.8) is 0 Å². The van der Waals surface area contributed by atoms with Gasteiger partial charge in [-0.05, 0) is 48.2 Å². The standard InChI is InChI=1S/C20H17FOS2/c1-14-4-10-17(11-5-14)24-20(15-6-8-16(21)9-7-15)13-18(22)19-3-2-12-23-19/h2-12,20H,13H2,1H3/t20-/m1/s1. The first-order valence-corrected chi connectivity index (χ1v) is 9.43. The Kier molecular flexibility index (Phi) is 5.48. The molecule has 0 aliphatic carbocycles. The van der Waals surface area contributed by atoms with Crippen molar-refractivity contribution >= 4 is 28.9 Å². The van der Waals surface area contributed by atoms with E-state index < -0.39 is 0 Å². The van der Waals surface area contributed by atoms with E-state index in [1.807, 2.05) is 24.4 Å². The Balaban J connectivity index is 1.83. The van der Waals surface area contributed by atoms with Crippen LogP contribution in [0.5, 0.6) is 0 Å². The number of thioether (sulfide) groups is 1. The van der Waals surface area contributed by atoms with Crippen LogP contribution in [0.4, 0.5) is 4.39 Å². The van der Waals surface area contributed by atoms with Gasteiger partial charge >= 0.3 is 0 Å². The summed E-state index contributed by atoms with van der Waals surface area (Å²) >= 11 is 3.10. The van der Waals surface area contributed by atoms with Crippen LogP contribution in [0.25, 0.3) is 0 Å². The number of hydrogen-bond acceptors (Lipinski definition) is 3. The second-order valence-corrected chi connectivity index (χ2v) is 7.80. The summed E-state index contributed by atoms with van der Waals surface area (Å²) in [5.41, 5.74) is 2.17. The van der Waals surface area contributed by atoms with E-state index in [9.17, 15) is 9.18 Å². The molecule has 2 aromatic carbocycles. The zero-order chi connectivity index (χ0) is 16.9. The summed E-state index contributed by atoms with van der Waals surface area (Å²) in [6.07, 6.45) is 0.394. The molecule has 4 heteroatoms. The van der Waals surface area contributed by atoms with Gasteiger partial charge in [0.15, 0.2) is 5.78 Å². The molecule has 1 atom stereocenters. The van der Waals surface area contributed by atoms with E-state index in [1.54, 1.807) is 23.9 Å². The molecule has 1 aromatic heterocycles. The van der Waals surface area contributed by atoms with Crippen molar-refractivity contribution in [1.82, 2.24) is 0 Å². The molecule has 0 spiro atoms. The molecule has 0 bridgehead atoms. The van der Waals surface area contributed by atoms with E-state index in [0.29, 0.717) is 6.42 Å². The van der Waals surface area contributed by atoms with Crippen molar-refractivity contribution in [3.8, 4) is 0 Å². The topological polar surface area (TPSA) is 17.1 Å². The number of halogens is 1. The maximum Gasteiger partial charge on any atom is 0.174 e. The van der Waals surface area contributed by atoms with E-state index in [-0.39, 0.29) is 16.9 Å².